The van der Waals surface area contributed by atoms with Crippen molar-refractivity contribution in [1.82, 2.24) is 4.90 Å². The summed E-state index contributed by atoms with van der Waals surface area (Å²) >= 11 is 0. The molecule has 2 aliphatic heterocycles. The minimum absolute atomic E-state index is 0.200. The van der Waals surface area contributed by atoms with E-state index in [0.29, 0.717) is 47.5 Å². The van der Waals surface area contributed by atoms with Crippen LogP contribution in [0.25, 0.3) is 5.57 Å². The maximum Gasteiger partial charge on any atom is 0.278 e. The van der Waals surface area contributed by atoms with E-state index >= 15 is 0 Å². The lowest BCUT2D eigenvalue weighted by molar-refractivity contribution is -0.136. The van der Waals surface area contributed by atoms with Crippen LogP contribution in [0, 0.1) is 0 Å². The number of imide groups is 1. The predicted octanol–water partition coefficient (Wildman–Crippen LogP) is 2.69. The van der Waals surface area contributed by atoms with Crippen molar-refractivity contribution in [3.63, 3.8) is 0 Å². The van der Waals surface area contributed by atoms with Gasteiger partial charge in [0.05, 0.1) is 19.8 Å². The third kappa shape index (κ3) is 3.30. The number of nitrogens with zero attached hydrogens (tertiary/aromatic N) is 1. The van der Waals surface area contributed by atoms with E-state index in [1.165, 1.54) is 19.1 Å². The minimum Gasteiger partial charge on any atom is -0.493 e. The number of likely N-dealkylation sites (N-methyl/N-ethyl adjacent to an activating group) is 1. The van der Waals surface area contributed by atoms with Crippen LogP contribution in [-0.2, 0) is 9.59 Å². The van der Waals surface area contributed by atoms with Crippen LogP contribution in [0.4, 0.5) is 5.69 Å². The van der Waals surface area contributed by atoms with Gasteiger partial charge in [-0.1, -0.05) is 6.07 Å². The molecule has 0 saturated heterocycles. The third-order valence-electron chi connectivity index (χ3n) is 4.97. The van der Waals surface area contributed by atoms with Gasteiger partial charge in [0, 0.05) is 18.3 Å². The molecule has 8 nitrogen and oxygen atoms in total. The molecule has 0 bridgehead atoms. The molecule has 2 heterocycles. The van der Waals surface area contributed by atoms with Gasteiger partial charge in [-0.2, -0.15) is 0 Å². The lowest BCUT2D eigenvalue weighted by Gasteiger charge is -2.19. The molecule has 0 radical (unpaired) electrons. The van der Waals surface area contributed by atoms with Crippen molar-refractivity contribution in [1.29, 1.82) is 0 Å². The molecule has 0 spiro atoms. The standard InChI is InChI=1S/C22H22N2O6/c1-4-24-21(25)19(13-5-7-15(27-2)17(11-13)28-3)20(22(24)26)23-14-6-8-16-18(12-14)30-10-9-29-16/h5-8,11-12,23H,4,9-10H2,1-3H3. The molecule has 1 N–H and O–H groups in total. The largest absolute Gasteiger partial charge is 0.493 e. The Morgan fingerprint density at radius 3 is 2.37 bits per heavy atom. The zero-order chi connectivity index (χ0) is 21.3. The molecule has 0 saturated carbocycles. The SMILES string of the molecule is CCN1C(=O)C(Nc2ccc3c(c2)OCCO3)=C(c2ccc(OC)c(OC)c2)C1=O. The van der Waals surface area contributed by atoms with Gasteiger partial charge in [0.15, 0.2) is 23.0 Å². The van der Waals surface area contributed by atoms with E-state index in [2.05, 4.69) is 5.32 Å². The first-order valence-corrected chi connectivity index (χ1v) is 9.57. The lowest BCUT2D eigenvalue weighted by atomic mass is 10.0. The van der Waals surface area contributed by atoms with Crippen molar-refractivity contribution < 1.29 is 28.5 Å². The first-order valence-electron chi connectivity index (χ1n) is 9.57. The van der Waals surface area contributed by atoms with Gasteiger partial charge in [0.1, 0.15) is 18.9 Å². The quantitative estimate of drug-likeness (QED) is 0.733. The van der Waals surface area contributed by atoms with Crippen molar-refractivity contribution in [2.75, 3.05) is 39.3 Å². The zero-order valence-corrected chi connectivity index (χ0v) is 17.0. The predicted molar refractivity (Wildman–Crippen MR) is 110 cm³/mol. The van der Waals surface area contributed by atoms with Gasteiger partial charge in [-0.3, -0.25) is 14.5 Å². The molecule has 2 aromatic carbocycles. The van der Waals surface area contributed by atoms with E-state index in [4.69, 9.17) is 18.9 Å². The highest BCUT2D eigenvalue weighted by Crippen LogP contribution is 2.37. The van der Waals surface area contributed by atoms with E-state index in [9.17, 15) is 9.59 Å². The summed E-state index contributed by atoms with van der Waals surface area (Å²) < 4.78 is 21.8. The van der Waals surface area contributed by atoms with Crippen molar-refractivity contribution in [3.05, 3.63) is 47.7 Å². The Bertz CT molecular complexity index is 1050. The van der Waals surface area contributed by atoms with E-state index in [1.54, 1.807) is 43.3 Å². The Balaban J connectivity index is 1.77. The van der Waals surface area contributed by atoms with Gasteiger partial charge in [-0.15, -0.1) is 0 Å². The van der Waals surface area contributed by atoms with Crippen LogP contribution >= 0.6 is 0 Å². The highest BCUT2D eigenvalue weighted by molar-refractivity contribution is 6.36. The number of amides is 2. The third-order valence-corrected chi connectivity index (χ3v) is 4.97. The normalized spacial score (nSPS) is 15.5. The summed E-state index contributed by atoms with van der Waals surface area (Å²) in [6.45, 7) is 2.97. The van der Waals surface area contributed by atoms with E-state index in [0.717, 1.165) is 0 Å². The number of nitrogens with one attached hydrogen (secondary N) is 1. The fourth-order valence-corrected chi connectivity index (χ4v) is 3.50. The van der Waals surface area contributed by atoms with Crippen molar-refractivity contribution in [2.45, 2.75) is 6.92 Å². The van der Waals surface area contributed by atoms with Crippen LogP contribution < -0.4 is 24.3 Å². The number of ether oxygens (including phenoxy) is 4. The number of fused-ring (bicyclic) bond motifs is 1. The topological polar surface area (TPSA) is 86.3 Å². The zero-order valence-electron chi connectivity index (χ0n) is 17.0. The highest BCUT2D eigenvalue weighted by atomic mass is 16.6. The van der Waals surface area contributed by atoms with Gasteiger partial charge in [-0.25, -0.2) is 0 Å². The molecular weight excluding hydrogens is 388 g/mol. The summed E-state index contributed by atoms with van der Waals surface area (Å²) in [6, 6.07) is 10.4. The summed E-state index contributed by atoms with van der Waals surface area (Å²) in [6.07, 6.45) is 0. The Kier molecular flexibility index (Phi) is 5.22. The van der Waals surface area contributed by atoms with Gasteiger partial charge in [0.25, 0.3) is 11.8 Å². The van der Waals surface area contributed by atoms with E-state index in [-0.39, 0.29) is 29.6 Å². The molecule has 0 fully saturated rings. The van der Waals surface area contributed by atoms with Crippen LogP contribution in [-0.4, -0.2) is 50.7 Å². The molecule has 0 aromatic heterocycles. The fourth-order valence-electron chi connectivity index (χ4n) is 3.50. The Morgan fingerprint density at radius 2 is 1.67 bits per heavy atom. The molecule has 0 atom stereocenters. The summed E-state index contributed by atoms with van der Waals surface area (Å²) in [5, 5.41) is 3.11. The smallest absolute Gasteiger partial charge is 0.278 e. The number of hydrogen-bond donors (Lipinski definition) is 1. The summed E-state index contributed by atoms with van der Waals surface area (Å²) in [5.41, 5.74) is 1.65. The second-order valence-corrected chi connectivity index (χ2v) is 6.66. The van der Waals surface area contributed by atoms with Gasteiger partial charge in [-0.05, 0) is 36.8 Å². The van der Waals surface area contributed by atoms with Gasteiger partial charge >= 0.3 is 0 Å². The van der Waals surface area contributed by atoms with E-state index < -0.39 is 0 Å². The Labute approximate surface area is 174 Å². The summed E-state index contributed by atoms with van der Waals surface area (Å²) in [4.78, 5) is 27.2. The molecule has 156 valence electrons. The molecule has 30 heavy (non-hydrogen) atoms. The van der Waals surface area contributed by atoms with Crippen LogP contribution in [0.3, 0.4) is 0 Å². The number of carbonyl (C=O) groups excluding carboxylic acids is 2. The number of rotatable bonds is 6. The first-order chi connectivity index (χ1) is 14.6. The van der Waals surface area contributed by atoms with Crippen molar-refractivity contribution >= 4 is 23.1 Å². The van der Waals surface area contributed by atoms with Crippen LogP contribution in [0.15, 0.2) is 42.1 Å². The Morgan fingerprint density at radius 1 is 0.933 bits per heavy atom. The number of anilines is 1. The average Bonchev–Trinajstić information content (AvgIpc) is 3.01. The number of benzene rings is 2. The lowest BCUT2D eigenvalue weighted by Crippen LogP contribution is -2.32. The van der Waals surface area contributed by atoms with Gasteiger partial charge in [0.2, 0.25) is 0 Å². The number of methoxy groups -OCH3 is 2. The molecule has 2 aromatic rings. The van der Waals surface area contributed by atoms with Crippen molar-refractivity contribution in [2.24, 2.45) is 0 Å². The number of carbonyl (C=O) groups is 2. The highest BCUT2D eigenvalue weighted by Gasteiger charge is 2.38. The summed E-state index contributed by atoms with van der Waals surface area (Å²) in [7, 11) is 3.05. The molecule has 0 unspecified atom stereocenters. The first kappa shape index (κ1) is 19.6. The average molecular weight is 410 g/mol. The summed E-state index contributed by atoms with van der Waals surface area (Å²) in [5.74, 6) is 1.48. The molecule has 2 aliphatic rings. The monoisotopic (exact) mass is 410 g/mol. The van der Waals surface area contributed by atoms with Gasteiger partial charge < -0.3 is 24.3 Å². The molecule has 4 rings (SSSR count). The minimum atomic E-state index is -0.387. The van der Waals surface area contributed by atoms with Crippen molar-refractivity contribution in [3.8, 4) is 23.0 Å². The van der Waals surface area contributed by atoms with Crippen LogP contribution in [0.2, 0.25) is 0 Å². The molecular formula is C22H22N2O6. The van der Waals surface area contributed by atoms with E-state index in [1.807, 2.05) is 0 Å². The molecule has 0 aliphatic carbocycles. The maximum absolute atomic E-state index is 13.0. The maximum atomic E-state index is 13.0. The fraction of sp³-hybridized carbons (Fsp3) is 0.273. The second kappa shape index (κ2) is 7.98. The van der Waals surface area contributed by atoms with Crippen LogP contribution in [0.5, 0.6) is 23.0 Å². The molecule has 8 heteroatoms. The second-order valence-electron chi connectivity index (χ2n) is 6.66. The number of hydrogen-bond acceptors (Lipinski definition) is 7. The van der Waals surface area contributed by atoms with Crippen LogP contribution in [0.1, 0.15) is 12.5 Å². The Hall–Kier alpha value is -3.68. The molecule has 2 amide bonds.